The van der Waals surface area contributed by atoms with Crippen LogP contribution in [-0.2, 0) is 9.59 Å². The van der Waals surface area contributed by atoms with Gasteiger partial charge in [0.1, 0.15) is 5.75 Å². The Labute approximate surface area is 115 Å². The fourth-order valence-corrected chi connectivity index (χ4v) is 2.02. The number of rotatable bonds is 5. The predicted octanol–water partition coefficient (Wildman–Crippen LogP) is 2.00. The number of ether oxygens (including phenoxy) is 1. The molecule has 102 valence electrons. The largest absolute Gasteiger partial charge is 0.495 e. The number of aliphatic carboxylic acids is 1. The van der Waals surface area contributed by atoms with Crippen LogP contribution in [0, 0.1) is 5.92 Å². The first-order valence-corrected chi connectivity index (χ1v) is 6.27. The second kappa shape index (κ2) is 5.48. The average molecular weight is 284 g/mol. The van der Waals surface area contributed by atoms with E-state index in [4.69, 9.17) is 16.3 Å². The summed E-state index contributed by atoms with van der Waals surface area (Å²) in [6.45, 7) is 0. The van der Waals surface area contributed by atoms with Gasteiger partial charge in [-0.15, -0.1) is 0 Å². The Morgan fingerprint density at radius 1 is 1.47 bits per heavy atom. The monoisotopic (exact) mass is 283 g/mol. The van der Waals surface area contributed by atoms with Crippen molar-refractivity contribution in [3.63, 3.8) is 0 Å². The van der Waals surface area contributed by atoms with Crippen LogP contribution in [0.5, 0.6) is 5.75 Å². The number of benzene rings is 1. The van der Waals surface area contributed by atoms with Crippen LogP contribution in [0.1, 0.15) is 24.4 Å². The summed E-state index contributed by atoms with van der Waals surface area (Å²) in [5, 5.41) is 12.0. The third-order valence-corrected chi connectivity index (χ3v) is 3.29. The van der Waals surface area contributed by atoms with E-state index >= 15 is 0 Å². The highest BCUT2D eigenvalue weighted by Gasteiger charge is 2.33. The van der Waals surface area contributed by atoms with Crippen LogP contribution in [0.2, 0.25) is 5.02 Å². The van der Waals surface area contributed by atoms with Crippen molar-refractivity contribution in [1.29, 1.82) is 0 Å². The standard InChI is InChI=1S/C13H14ClNO4/c1-19-10-5-4-8(6-9(10)14)11(13(17)18)15-12(16)7-2-3-7/h4-7,11H,2-3H2,1H3,(H,15,16)(H,17,18). The number of carbonyl (C=O) groups is 2. The Morgan fingerprint density at radius 2 is 2.16 bits per heavy atom. The third-order valence-electron chi connectivity index (χ3n) is 2.99. The number of amides is 1. The van der Waals surface area contributed by atoms with Gasteiger partial charge in [-0.2, -0.15) is 0 Å². The maximum atomic E-state index is 11.7. The molecule has 1 unspecified atom stereocenters. The second-order valence-corrected chi connectivity index (χ2v) is 4.86. The maximum absolute atomic E-state index is 11.7. The van der Waals surface area contributed by atoms with E-state index < -0.39 is 12.0 Å². The molecular weight excluding hydrogens is 270 g/mol. The molecule has 0 aromatic heterocycles. The molecule has 2 rings (SSSR count). The molecule has 2 N–H and O–H groups in total. The molecular formula is C13H14ClNO4. The summed E-state index contributed by atoms with van der Waals surface area (Å²) in [5.41, 5.74) is 0.423. The van der Waals surface area contributed by atoms with Gasteiger partial charge in [-0.25, -0.2) is 4.79 Å². The number of hydrogen-bond donors (Lipinski definition) is 2. The van der Waals surface area contributed by atoms with Crippen molar-refractivity contribution in [3.8, 4) is 5.75 Å². The number of methoxy groups -OCH3 is 1. The van der Waals surface area contributed by atoms with Gasteiger partial charge in [-0.05, 0) is 30.5 Å². The number of nitrogens with one attached hydrogen (secondary N) is 1. The summed E-state index contributed by atoms with van der Waals surface area (Å²) < 4.78 is 5.00. The molecule has 1 aromatic rings. The first-order valence-electron chi connectivity index (χ1n) is 5.89. The van der Waals surface area contributed by atoms with Crippen molar-refractivity contribution >= 4 is 23.5 Å². The van der Waals surface area contributed by atoms with E-state index in [-0.39, 0.29) is 11.8 Å². The zero-order chi connectivity index (χ0) is 14.0. The molecule has 5 nitrogen and oxygen atoms in total. The van der Waals surface area contributed by atoms with Gasteiger partial charge < -0.3 is 15.2 Å². The van der Waals surface area contributed by atoms with E-state index in [2.05, 4.69) is 5.32 Å². The van der Waals surface area contributed by atoms with Gasteiger partial charge in [-0.1, -0.05) is 17.7 Å². The molecule has 0 bridgehead atoms. The van der Waals surface area contributed by atoms with Crippen LogP contribution < -0.4 is 10.1 Å². The lowest BCUT2D eigenvalue weighted by Crippen LogP contribution is -2.34. The lowest BCUT2D eigenvalue weighted by Gasteiger charge is -2.15. The predicted molar refractivity (Wildman–Crippen MR) is 69.2 cm³/mol. The van der Waals surface area contributed by atoms with Crippen molar-refractivity contribution in [2.75, 3.05) is 7.11 Å². The molecule has 1 fully saturated rings. The van der Waals surface area contributed by atoms with Gasteiger partial charge in [-0.3, -0.25) is 4.79 Å². The molecule has 19 heavy (non-hydrogen) atoms. The Balaban J connectivity index is 2.20. The Kier molecular flexibility index (Phi) is 3.95. The van der Waals surface area contributed by atoms with E-state index in [9.17, 15) is 14.7 Å². The normalized spacial score (nSPS) is 15.7. The van der Waals surface area contributed by atoms with E-state index in [1.54, 1.807) is 12.1 Å². The van der Waals surface area contributed by atoms with Crippen LogP contribution in [0.15, 0.2) is 18.2 Å². The highest BCUT2D eigenvalue weighted by molar-refractivity contribution is 6.32. The van der Waals surface area contributed by atoms with Crippen LogP contribution in [0.3, 0.4) is 0 Å². The molecule has 0 spiro atoms. The average Bonchev–Trinajstić information content (AvgIpc) is 3.19. The van der Waals surface area contributed by atoms with Gasteiger partial charge in [0.05, 0.1) is 12.1 Å². The van der Waals surface area contributed by atoms with Gasteiger partial charge in [0.2, 0.25) is 5.91 Å². The number of carboxylic acid groups (broad SMARTS) is 1. The molecule has 0 aliphatic heterocycles. The molecule has 1 aromatic carbocycles. The van der Waals surface area contributed by atoms with E-state index in [0.29, 0.717) is 16.3 Å². The van der Waals surface area contributed by atoms with Gasteiger partial charge in [0, 0.05) is 5.92 Å². The number of carboxylic acids is 1. The molecule has 0 heterocycles. The van der Waals surface area contributed by atoms with Crippen molar-refractivity contribution in [2.24, 2.45) is 5.92 Å². The summed E-state index contributed by atoms with van der Waals surface area (Å²) in [4.78, 5) is 22.9. The molecule has 1 atom stereocenters. The van der Waals surface area contributed by atoms with Crippen molar-refractivity contribution in [3.05, 3.63) is 28.8 Å². The summed E-state index contributed by atoms with van der Waals surface area (Å²) in [6.07, 6.45) is 1.64. The number of halogens is 1. The molecule has 1 saturated carbocycles. The van der Waals surface area contributed by atoms with Gasteiger partial charge in [0.25, 0.3) is 0 Å². The molecule has 1 amide bonds. The minimum atomic E-state index is -1.12. The smallest absolute Gasteiger partial charge is 0.330 e. The van der Waals surface area contributed by atoms with Crippen LogP contribution in [0.25, 0.3) is 0 Å². The van der Waals surface area contributed by atoms with E-state index in [0.717, 1.165) is 12.8 Å². The zero-order valence-corrected chi connectivity index (χ0v) is 11.1. The summed E-state index contributed by atoms with van der Waals surface area (Å²) in [6, 6.07) is 3.57. The van der Waals surface area contributed by atoms with Crippen molar-refractivity contribution < 1.29 is 19.4 Å². The molecule has 1 aliphatic carbocycles. The summed E-state index contributed by atoms with van der Waals surface area (Å²) in [5.74, 6) is -0.923. The number of carbonyl (C=O) groups excluding carboxylic acids is 1. The Bertz CT molecular complexity index is 513. The lowest BCUT2D eigenvalue weighted by atomic mass is 10.1. The highest BCUT2D eigenvalue weighted by atomic mass is 35.5. The molecule has 1 aliphatic rings. The van der Waals surface area contributed by atoms with Gasteiger partial charge >= 0.3 is 5.97 Å². The Hall–Kier alpha value is -1.75. The zero-order valence-electron chi connectivity index (χ0n) is 10.4. The fourth-order valence-electron chi connectivity index (χ4n) is 1.76. The first kappa shape index (κ1) is 13.7. The Morgan fingerprint density at radius 3 is 2.63 bits per heavy atom. The van der Waals surface area contributed by atoms with Crippen molar-refractivity contribution in [2.45, 2.75) is 18.9 Å². The summed E-state index contributed by atoms with van der Waals surface area (Å²) >= 11 is 5.96. The van der Waals surface area contributed by atoms with Gasteiger partial charge in [0.15, 0.2) is 6.04 Å². The van der Waals surface area contributed by atoms with Crippen LogP contribution >= 0.6 is 11.6 Å². The second-order valence-electron chi connectivity index (χ2n) is 4.45. The topological polar surface area (TPSA) is 75.6 Å². The SMILES string of the molecule is COc1ccc(C(NC(=O)C2CC2)C(=O)O)cc1Cl. The van der Waals surface area contributed by atoms with E-state index in [1.807, 2.05) is 0 Å². The third kappa shape index (κ3) is 3.17. The fraction of sp³-hybridized carbons (Fsp3) is 0.385. The van der Waals surface area contributed by atoms with E-state index in [1.165, 1.54) is 13.2 Å². The summed E-state index contributed by atoms with van der Waals surface area (Å²) in [7, 11) is 1.48. The van der Waals surface area contributed by atoms with Crippen LogP contribution in [0.4, 0.5) is 0 Å². The number of hydrogen-bond acceptors (Lipinski definition) is 3. The van der Waals surface area contributed by atoms with Crippen molar-refractivity contribution in [1.82, 2.24) is 5.32 Å². The first-order chi connectivity index (χ1) is 9.02. The molecule has 0 saturated heterocycles. The highest BCUT2D eigenvalue weighted by Crippen LogP contribution is 2.31. The lowest BCUT2D eigenvalue weighted by molar-refractivity contribution is -0.142. The van der Waals surface area contributed by atoms with Crippen LogP contribution in [-0.4, -0.2) is 24.1 Å². The maximum Gasteiger partial charge on any atom is 0.330 e. The molecule has 0 radical (unpaired) electrons. The quantitative estimate of drug-likeness (QED) is 0.867. The molecule has 6 heteroatoms. The minimum Gasteiger partial charge on any atom is -0.495 e. The minimum absolute atomic E-state index is 0.0458.